The third-order valence-electron chi connectivity index (χ3n) is 2.57. The normalized spacial score (nSPS) is 11.6. The molecule has 3 nitrogen and oxygen atoms in total. The van der Waals surface area contributed by atoms with Gasteiger partial charge in [0.25, 0.3) is 0 Å². The van der Waals surface area contributed by atoms with Crippen LogP contribution < -0.4 is 4.74 Å². The van der Waals surface area contributed by atoms with Crippen molar-refractivity contribution in [3.8, 4) is 5.75 Å². The van der Waals surface area contributed by atoms with E-state index in [-0.39, 0.29) is 6.61 Å². The number of halogens is 4. The van der Waals surface area contributed by atoms with E-state index in [0.717, 1.165) is 22.3 Å². The van der Waals surface area contributed by atoms with Crippen molar-refractivity contribution in [1.29, 1.82) is 0 Å². The van der Waals surface area contributed by atoms with Gasteiger partial charge in [0.1, 0.15) is 12.4 Å². The van der Waals surface area contributed by atoms with Gasteiger partial charge in [-0.3, -0.25) is 4.68 Å². The monoisotopic (exact) mass is 334 g/mol. The summed E-state index contributed by atoms with van der Waals surface area (Å²) in [5.41, 5.74) is 0.112. The largest absolute Gasteiger partial charge is 0.487 e. The molecule has 7 heteroatoms. The molecule has 0 unspecified atom stereocenters. The van der Waals surface area contributed by atoms with Crippen molar-refractivity contribution in [2.45, 2.75) is 12.8 Å². The molecule has 0 aliphatic rings. The fourth-order valence-electron chi connectivity index (χ4n) is 1.49. The van der Waals surface area contributed by atoms with Gasteiger partial charge in [-0.05, 0) is 40.2 Å². The van der Waals surface area contributed by atoms with Crippen molar-refractivity contribution < 1.29 is 17.9 Å². The summed E-state index contributed by atoms with van der Waals surface area (Å²) in [4.78, 5) is 0. The summed E-state index contributed by atoms with van der Waals surface area (Å²) >= 11 is 3.32. The minimum atomic E-state index is -4.33. The Balaban J connectivity index is 2.05. The Bertz CT molecular complexity index is 544. The van der Waals surface area contributed by atoms with Crippen LogP contribution >= 0.6 is 15.9 Å². The molecule has 0 aliphatic heterocycles. The summed E-state index contributed by atoms with van der Waals surface area (Å²) in [6.07, 6.45) is -2.70. The molecule has 2 aromatic rings. The highest BCUT2D eigenvalue weighted by Gasteiger charge is 2.30. The molecule has 19 heavy (non-hydrogen) atoms. The highest BCUT2D eigenvalue weighted by Crippen LogP contribution is 2.30. The standard InChI is InChI=1S/C12H10BrF3N2O/c1-18-11(10(13)6-17-18)7-19-9-4-2-8(3-5-9)12(14,15)16/h2-6H,7H2,1H3. The Morgan fingerprint density at radius 1 is 1.26 bits per heavy atom. The van der Waals surface area contributed by atoms with Crippen molar-refractivity contribution in [1.82, 2.24) is 9.78 Å². The summed E-state index contributed by atoms with van der Waals surface area (Å²) in [5.74, 6) is 0.376. The van der Waals surface area contributed by atoms with Gasteiger partial charge in [-0.25, -0.2) is 0 Å². The highest BCUT2D eigenvalue weighted by atomic mass is 79.9. The van der Waals surface area contributed by atoms with Crippen LogP contribution in [0.15, 0.2) is 34.9 Å². The third-order valence-corrected chi connectivity index (χ3v) is 3.23. The van der Waals surface area contributed by atoms with Crippen LogP contribution in [0.4, 0.5) is 13.2 Å². The maximum absolute atomic E-state index is 12.4. The number of aromatic nitrogens is 2. The molecule has 0 spiro atoms. The molecule has 0 N–H and O–H groups in total. The first-order valence-electron chi connectivity index (χ1n) is 5.34. The van der Waals surface area contributed by atoms with E-state index < -0.39 is 11.7 Å². The third kappa shape index (κ3) is 3.28. The average molecular weight is 335 g/mol. The van der Waals surface area contributed by atoms with Gasteiger partial charge in [0, 0.05) is 7.05 Å². The maximum atomic E-state index is 12.4. The summed E-state index contributed by atoms with van der Waals surface area (Å²) in [7, 11) is 1.76. The van der Waals surface area contributed by atoms with Gasteiger partial charge in [-0.15, -0.1) is 0 Å². The van der Waals surface area contributed by atoms with E-state index in [1.54, 1.807) is 17.9 Å². The van der Waals surface area contributed by atoms with E-state index >= 15 is 0 Å². The first-order chi connectivity index (χ1) is 8.88. The molecular formula is C12H10BrF3N2O. The van der Waals surface area contributed by atoms with Crippen molar-refractivity contribution in [3.05, 3.63) is 46.2 Å². The highest BCUT2D eigenvalue weighted by molar-refractivity contribution is 9.10. The molecule has 0 saturated carbocycles. The lowest BCUT2D eigenvalue weighted by molar-refractivity contribution is -0.137. The SMILES string of the molecule is Cn1ncc(Br)c1COc1ccc(C(F)(F)F)cc1. The zero-order valence-corrected chi connectivity index (χ0v) is 11.5. The predicted molar refractivity (Wildman–Crippen MR) is 66.7 cm³/mol. The number of rotatable bonds is 3. The average Bonchev–Trinajstić information content (AvgIpc) is 2.66. The van der Waals surface area contributed by atoms with Gasteiger partial charge >= 0.3 is 6.18 Å². The van der Waals surface area contributed by atoms with E-state index in [0.29, 0.717) is 5.75 Å². The Morgan fingerprint density at radius 2 is 1.89 bits per heavy atom. The Kier molecular flexibility index (Phi) is 3.84. The number of ether oxygens (including phenoxy) is 1. The topological polar surface area (TPSA) is 27.1 Å². The lowest BCUT2D eigenvalue weighted by atomic mass is 10.2. The molecule has 0 bridgehead atoms. The van der Waals surface area contributed by atoms with Crippen LogP contribution in [0.3, 0.4) is 0 Å². The molecule has 1 heterocycles. The summed E-state index contributed by atoms with van der Waals surface area (Å²) in [6.45, 7) is 0.225. The molecule has 0 atom stereocenters. The van der Waals surface area contributed by atoms with Crippen molar-refractivity contribution >= 4 is 15.9 Å². The number of alkyl halides is 3. The van der Waals surface area contributed by atoms with Crippen LogP contribution in [0.1, 0.15) is 11.3 Å². The smallest absolute Gasteiger partial charge is 0.416 e. The van der Waals surface area contributed by atoms with E-state index in [9.17, 15) is 13.2 Å². The van der Waals surface area contributed by atoms with E-state index in [1.165, 1.54) is 12.1 Å². The summed E-state index contributed by atoms with van der Waals surface area (Å²) < 4.78 is 45.0. The Labute approximate surface area is 116 Å². The van der Waals surface area contributed by atoms with Crippen LogP contribution in [-0.2, 0) is 19.8 Å². The van der Waals surface area contributed by atoms with Crippen LogP contribution in [-0.4, -0.2) is 9.78 Å². The van der Waals surface area contributed by atoms with Crippen LogP contribution in [0.25, 0.3) is 0 Å². The molecule has 1 aromatic heterocycles. The molecule has 102 valence electrons. The van der Waals surface area contributed by atoms with Crippen LogP contribution in [0.5, 0.6) is 5.75 Å². The van der Waals surface area contributed by atoms with Gasteiger partial charge in [0.2, 0.25) is 0 Å². The molecule has 0 saturated heterocycles. The summed E-state index contributed by atoms with van der Waals surface area (Å²) in [6, 6.07) is 4.58. The van der Waals surface area contributed by atoms with Crippen LogP contribution in [0.2, 0.25) is 0 Å². The van der Waals surface area contributed by atoms with Crippen LogP contribution in [0, 0.1) is 0 Å². The Hall–Kier alpha value is -1.50. The minimum Gasteiger partial charge on any atom is -0.487 e. The van der Waals surface area contributed by atoms with Gasteiger partial charge in [-0.1, -0.05) is 0 Å². The lowest BCUT2D eigenvalue weighted by Gasteiger charge is -2.09. The van der Waals surface area contributed by atoms with E-state index in [1.807, 2.05) is 0 Å². The predicted octanol–water partition coefficient (Wildman–Crippen LogP) is 3.78. The Morgan fingerprint density at radius 3 is 2.37 bits per heavy atom. The number of aryl methyl sites for hydroxylation is 1. The second-order valence-corrected chi connectivity index (χ2v) is 4.73. The minimum absolute atomic E-state index is 0.225. The summed E-state index contributed by atoms with van der Waals surface area (Å²) in [5, 5.41) is 4.02. The quantitative estimate of drug-likeness (QED) is 0.854. The van der Waals surface area contributed by atoms with Crippen molar-refractivity contribution in [2.75, 3.05) is 0 Å². The number of benzene rings is 1. The van der Waals surface area contributed by atoms with Gasteiger partial charge in [0.15, 0.2) is 0 Å². The van der Waals surface area contributed by atoms with E-state index in [2.05, 4.69) is 21.0 Å². The van der Waals surface area contributed by atoms with Crippen molar-refractivity contribution in [2.24, 2.45) is 7.05 Å². The lowest BCUT2D eigenvalue weighted by Crippen LogP contribution is -2.05. The second-order valence-electron chi connectivity index (χ2n) is 3.87. The number of nitrogens with zero attached hydrogens (tertiary/aromatic N) is 2. The zero-order valence-electron chi connectivity index (χ0n) is 9.91. The maximum Gasteiger partial charge on any atom is 0.416 e. The fourth-order valence-corrected chi connectivity index (χ4v) is 1.95. The van der Waals surface area contributed by atoms with E-state index in [4.69, 9.17) is 4.74 Å². The number of hydrogen-bond donors (Lipinski definition) is 0. The van der Waals surface area contributed by atoms with Crippen molar-refractivity contribution in [3.63, 3.8) is 0 Å². The zero-order chi connectivity index (χ0) is 14.0. The molecular weight excluding hydrogens is 325 g/mol. The number of hydrogen-bond acceptors (Lipinski definition) is 2. The molecule has 1 aromatic carbocycles. The first kappa shape index (κ1) is 13.9. The molecule has 0 fully saturated rings. The molecule has 0 amide bonds. The molecule has 0 aliphatic carbocycles. The first-order valence-corrected chi connectivity index (χ1v) is 6.13. The van der Waals surface area contributed by atoms with Gasteiger partial charge in [0.05, 0.1) is 21.9 Å². The van der Waals surface area contributed by atoms with Gasteiger partial charge < -0.3 is 4.74 Å². The molecule has 2 rings (SSSR count). The second kappa shape index (κ2) is 5.24. The fraction of sp³-hybridized carbons (Fsp3) is 0.250. The molecule has 0 radical (unpaired) electrons. The van der Waals surface area contributed by atoms with Gasteiger partial charge in [-0.2, -0.15) is 18.3 Å².